The van der Waals surface area contributed by atoms with Crippen LogP contribution in [0.15, 0.2) is 24.3 Å². The van der Waals surface area contributed by atoms with Crippen molar-refractivity contribution in [1.29, 1.82) is 0 Å². The number of nitrogens with zero attached hydrogens (tertiary/aromatic N) is 2. The number of likely N-dealkylation sites (N-methyl/N-ethyl adjacent to an activating group) is 1. The molecule has 0 bridgehead atoms. The van der Waals surface area contributed by atoms with Gasteiger partial charge in [-0.3, -0.25) is 4.68 Å². The van der Waals surface area contributed by atoms with Crippen LogP contribution in [0.25, 0.3) is 0 Å². The molecule has 0 aliphatic heterocycles. The summed E-state index contributed by atoms with van der Waals surface area (Å²) in [4.78, 5) is 0. The van der Waals surface area contributed by atoms with Crippen LogP contribution < -0.4 is 5.32 Å². The van der Waals surface area contributed by atoms with Gasteiger partial charge in [-0.05, 0) is 38.1 Å². The van der Waals surface area contributed by atoms with Crippen molar-refractivity contribution in [3.8, 4) is 0 Å². The minimum absolute atomic E-state index is 0.0281. The molecule has 0 aliphatic carbocycles. The van der Waals surface area contributed by atoms with Gasteiger partial charge in [0, 0.05) is 24.7 Å². The van der Waals surface area contributed by atoms with E-state index in [4.69, 9.17) is 11.6 Å². The third-order valence-electron chi connectivity index (χ3n) is 3.51. The summed E-state index contributed by atoms with van der Waals surface area (Å²) in [6, 6.07) is 7.00. The lowest BCUT2D eigenvalue weighted by molar-refractivity contribution is 0.512. The van der Waals surface area contributed by atoms with E-state index in [1.807, 2.05) is 24.6 Å². The Morgan fingerprint density at radius 1 is 1.38 bits per heavy atom. The molecule has 114 valence electrons. The maximum Gasteiger partial charge on any atom is 0.142 e. The lowest BCUT2D eigenvalue weighted by Crippen LogP contribution is -2.24. The maximum atomic E-state index is 13.7. The Labute approximate surface area is 130 Å². The Bertz CT molecular complexity index is 610. The van der Waals surface area contributed by atoms with Crippen LogP contribution >= 0.6 is 11.6 Å². The zero-order chi connectivity index (χ0) is 15.4. The first kappa shape index (κ1) is 16.0. The molecule has 1 atom stereocenters. The highest BCUT2D eigenvalue weighted by atomic mass is 35.5. The summed E-state index contributed by atoms with van der Waals surface area (Å²) in [5.41, 5.74) is 2.91. The van der Waals surface area contributed by atoms with Gasteiger partial charge in [-0.2, -0.15) is 5.10 Å². The zero-order valence-electron chi connectivity index (χ0n) is 12.7. The molecule has 0 fully saturated rings. The fourth-order valence-electron chi connectivity index (χ4n) is 2.57. The molecule has 1 unspecified atom stereocenters. The lowest BCUT2D eigenvalue weighted by atomic mass is 10.0. The molecule has 0 amide bonds. The van der Waals surface area contributed by atoms with Gasteiger partial charge in [-0.25, -0.2) is 4.39 Å². The highest BCUT2D eigenvalue weighted by Crippen LogP contribution is 2.28. The van der Waals surface area contributed by atoms with Crippen LogP contribution in [0, 0.1) is 12.7 Å². The molecule has 2 rings (SSSR count). The highest BCUT2D eigenvalue weighted by molar-refractivity contribution is 6.31. The molecule has 1 heterocycles. The van der Waals surface area contributed by atoms with Crippen LogP contribution in [-0.4, -0.2) is 16.3 Å². The Hall–Kier alpha value is -1.39. The van der Waals surface area contributed by atoms with Crippen LogP contribution in [0.3, 0.4) is 0 Å². The summed E-state index contributed by atoms with van der Waals surface area (Å²) in [5, 5.41) is 8.04. The summed E-state index contributed by atoms with van der Waals surface area (Å²) in [5.74, 6) is -0.378. The molecule has 0 aliphatic rings. The Morgan fingerprint density at radius 2 is 2.14 bits per heavy atom. The number of aryl methyl sites for hydroxylation is 2. The summed E-state index contributed by atoms with van der Waals surface area (Å²) in [7, 11) is 0. The topological polar surface area (TPSA) is 29.9 Å². The minimum atomic E-state index is -0.378. The van der Waals surface area contributed by atoms with Crippen molar-refractivity contribution in [2.45, 2.75) is 39.8 Å². The molecule has 5 heteroatoms. The van der Waals surface area contributed by atoms with Crippen molar-refractivity contribution in [3.63, 3.8) is 0 Å². The van der Waals surface area contributed by atoms with Crippen molar-refractivity contribution < 1.29 is 4.39 Å². The van der Waals surface area contributed by atoms with Crippen molar-refractivity contribution in [1.82, 2.24) is 15.1 Å². The lowest BCUT2D eigenvalue weighted by Gasteiger charge is -2.20. The third-order valence-corrected chi connectivity index (χ3v) is 3.90. The van der Waals surface area contributed by atoms with Crippen molar-refractivity contribution in [2.75, 3.05) is 6.54 Å². The number of aromatic nitrogens is 2. The number of nitrogens with one attached hydrogen (secondary N) is 1. The number of hydrogen-bond donors (Lipinski definition) is 1. The van der Waals surface area contributed by atoms with Gasteiger partial charge in [0.1, 0.15) is 5.82 Å². The van der Waals surface area contributed by atoms with E-state index >= 15 is 0 Å². The largest absolute Gasteiger partial charge is 0.310 e. The predicted molar refractivity (Wildman–Crippen MR) is 84.2 cm³/mol. The molecule has 1 aromatic heterocycles. The van der Waals surface area contributed by atoms with Crippen LogP contribution in [0.1, 0.15) is 36.8 Å². The Balaban J connectivity index is 2.33. The van der Waals surface area contributed by atoms with Crippen LogP contribution in [-0.2, 0) is 13.0 Å². The highest BCUT2D eigenvalue weighted by Gasteiger charge is 2.18. The summed E-state index contributed by atoms with van der Waals surface area (Å²) in [6.07, 6.45) is 0.728. The van der Waals surface area contributed by atoms with Gasteiger partial charge in [-0.15, -0.1) is 0 Å². The number of halogens is 2. The molecule has 21 heavy (non-hydrogen) atoms. The first-order valence-corrected chi connectivity index (χ1v) is 7.65. The first-order valence-electron chi connectivity index (χ1n) is 7.27. The molecule has 1 aromatic carbocycles. The van der Waals surface area contributed by atoms with Crippen molar-refractivity contribution in [2.24, 2.45) is 0 Å². The molecule has 0 saturated carbocycles. The zero-order valence-corrected chi connectivity index (χ0v) is 13.4. The second kappa shape index (κ2) is 7.05. The third kappa shape index (κ3) is 3.63. The van der Waals surface area contributed by atoms with E-state index < -0.39 is 0 Å². The second-order valence-electron chi connectivity index (χ2n) is 5.05. The Kier molecular flexibility index (Phi) is 5.37. The van der Waals surface area contributed by atoms with E-state index in [-0.39, 0.29) is 16.9 Å². The van der Waals surface area contributed by atoms with E-state index in [0.717, 1.165) is 36.5 Å². The van der Waals surface area contributed by atoms with Crippen LogP contribution in [0.5, 0.6) is 0 Å². The van der Waals surface area contributed by atoms with Crippen molar-refractivity contribution >= 4 is 11.6 Å². The quantitative estimate of drug-likeness (QED) is 0.877. The van der Waals surface area contributed by atoms with E-state index in [9.17, 15) is 4.39 Å². The molecule has 3 nitrogen and oxygen atoms in total. The standard InChI is InChI=1S/C16H21ClFN3/c1-4-19-15(13-7-6-8-14(18)16(13)17)10-12-9-11(3)20-21(12)5-2/h6-9,15,19H,4-5,10H2,1-3H3. The van der Waals surface area contributed by atoms with E-state index in [1.165, 1.54) is 6.07 Å². The fraction of sp³-hybridized carbons (Fsp3) is 0.438. The van der Waals surface area contributed by atoms with Gasteiger partial charge in [0.2, 0.25) is 0 Å². The molecular weight excluding hydrogens is 289 g/mol. The van der Waals surface area contributed by atoms with Gasteiger partial charge >= 0.3 is 0 Å². The number of hydrogen-bond acceptors (Lipinski definition) is 2. The Morgan fingerprint density at radius 3 is 2.81 bits per heavy atom. The van der Waals surface area contributed by atoms with Gasteiger partial charge in [0.15, 0.2) is 0 Å². The number of benzene rings is 1. The first-order chi connectivity index (χ1) is 10.1. The predicted octanol–water partition coefficient (Wildman–Crippen LogP) is 3.90. The average molecular weight is 310 g/mol. The normalized spacial score (nSPS) is 12.6. The van der Waals surface area contributed by atoms with E-state index in [2.05, 4.69) is 23.4 Å². The average Bonchev–Trinajstić information content (AvgIpc) is 2.81. The minimum Gasteiger partial charge on any atom is -0.310 e. The smallest absolute Gasteiger partial charge is 0.142 e. The summed E-state index contributed by atoms with van der Waals surface area (Å²) < 4.78 is 15.7. The molecular formula is C16H21ClFN3. The number of rotatable bonds is 6. The van der Waals surface area contributed by atoms with Gasteiger partial charge < -0.3 is 5.32 Å². The van der Waals surface area contributed by atoms with Gasteiger partial charge in [0.25, 0.3) is 0 Å². The molecule has 0 saturated heterocycles. The van der Waals surface area contributed by atoms with Crippen LogP contribution in [0.2, 0.25) is 5.02 Å². The molecule has 0 spiro atoms. The SMILES string of the molecule is CCNC(Cc1cc(C)nn1CC)c1cccc(F)c1Cl. The van der Waals surface area contributed by atoms with Gasteiger partial charge in [-0.1, -0.05) is 30.7 Å². The monoisotopic (exact) mass is 309 g/mol. The van der Waals surface area contributed by atoms with E-state index in [1.54, 1.807) is 6.07 Å². The molecule has 1 N–H and O–H groups in total. The summed E-state index contributed by atoms with van der Waals surface area (Å²) >= 11 is 6.13. The van der Waals surface area contributed by atoms with Crippen molar-refractivity contribution in [3.05, 3.63) is 52.1 Å². The van der Waals surface area contributed by atoms with Crippen LogP contribution in [0.4, 0.5) is 4.39 Å². The van der Waals surface area contributed by atoms with E-state index in [0.29, 0.717) is 0 Å². The van der Waals surface area contributed by atoms with Gasteiger partial charge in [0.05, 0.1) is 10.7 Å². The maximum absolute atomic E-state index is 13.7. The molecule has 0 radical (unpaired) electrons. The fourth-order valence-corrected chi connectivity index (χ4v) is 2.83. The summed E-state index contributed by atoms with van der Waals surface area (Å²) in [6.45, 7) is 7.68. The second-order valence-corrected chi connectivity index (χ2v) is 5.43. The molecule has 2 aromatic rings.